The molecule has 176 valence electrons. The van der Waals surface area contributed by atoms with Gasteiger partial charge in [0.2, 0.25) is 0 Å². The lowest BCUT2D eigenvalue weighted by Crippen LogP contribution is -2.18. The zero-order valence-electron chi connectivity index (χ0n) is 21.2. The van der Waals surface area contributed by atoms with Crippen LogP contribution in [0, 0.1) is 13.8 Å². The van der Waals surface area contributed by atoms with Crippen LogP contribution in [0.3, 0.4) is 0 Å². The summed E-state index contributed by atoms with van der Waals surface area (Å²) in [5.41, 5.74) is 6.68. The second-order valence-corrected chi connectivity index (χ2v) is 8.48. The minimum absolute atomic E-state index is 0.144. The molecule has 3 heteroatoms. The van der Waals surface area contributed by atoms with Crippen molar-refractivity contribution in [1.29, 1.82) is 0 Å². The smallest absolute Gasteiger partial charge is 0.127 e. The van der Waals surface area contributed by atoms with E-state index in [0.29, 0.717) is 6.42 Å². The van der Waals surface area contributed by atoms with Gasteiger partial charge in [-0.1, -0.05) is 78.3 Å². The van der Waals surface area contributed by atoms with Crippen LogP contribution >= 0.6 is 0 Å². The second-order valence-electron chi connectivity index (χ2n) is 8.48. The van der Waals surface area contributed by atoms with Gasteiger partial charge >= 0.3 is 0 Å². The SMILES string of the molecule is C/C=C\CC.C=C(C)C.Cc1ccc(N2C=CCC(CC(C=O)c3cccc(C)c3)=N2)cc1. The Bertz CT molecular complexity index is 948. The maximum atomic E-state index is 11.6. The number of allylic oxidation sites excluding steroid dienone is 4. The van der Waals surface area contributed by atoms with E-state index in [1.54, 1.807) is 0 Å². The van der Waals surface area contributed by atoms with Crippen molar-refractivity contribution in [1.82, 2.24) is 0 Å². The Morgan fingerprint density at radius 2 is 1.79 bits per heavy atom. The molecule has 1 heterocycles. The molecule has 0 aromatic heterocycles. The second kappa shape index (κ2) is 15.6. The summed E-state index contributed by atoms with van der Waals surface area (Å²) < 4.78 is 0. The Morgan fingerprint density at radius 1 is 1.12 bits per heavy atom. The van der Waals surface area contributed by atoms with E-state index >= 15 is 0 Å². The Hall–Kier alpha value is -3.20. The van der Waals surface area contributed by atoms with Crippen LogP contribution in [0.25, 0.3) is 0 Å². The van der Waals surface area contributed by atoms with Gasteiger partial charge in [0, 0.05) is 30.7 Å². The first-order valence-electron chi connectivity index (χ1n) is 11.6. The Kier molecular flexibility index (Phi) is 13.1. The molecule has 1 aliphatic heterocycles. The van der Waals surface area contributed by atoms with Crippen molar-refractivity contribution in [3.05, 3.63) is 102 Å². The maximum absolute atomic E-state index is 11.6. The van der Waals surface area contributed by atoms with Crippen LogP contribution in [0.2, 0.25) is 0 Å². The first-order valence-corrected chi connectivity index (χ1v) is 11.6. The molecule has 3 rings (SSSR count). The molecule has 1 aliphatic rings. The van der Waals surface area contributed by atoms with E-state index in [-0.39, 0.29) is 5.92 Å². The monoisotopic (exact) mass is 444 g/mol. The topological polar surface area (TPSA) is 32.7 Å². The van der Waals surface area contributed by atoms with Gasteiger partial charge in [0.1, 0.15) is 6.29 Å². The van der Waals surface area contributed by atoms with E-state index in [1.807, 2.05) is 57.1 Å². The number of aldehydes is 1. The van der Waals surface area contributed by atoms with Gasteiger partial charge in [-0.15, -0.1) is 6.58 Å². The summed E-state index contributed by atoms with van der Waals surface area (Å²) in [5, 5.41) is 6.61. The van der Waals surface area contributed by atoms with Crippen LogP contribution in [-0.4, -0.2) is 12.0 Å². The largest absolute Gasteiger partial charge is 0.303 e. The van der Waals surface area contributed by atoms with E-state index in [2.05, 4.69) is 69.0 Å². The number of rotatable bonds is 6. The third-order valence-corrected chi connectivity index (χ3v) is 4.71. The molecule has 0 saturated heterocycles. The van der Waals surface area contributed by atoms with Crippen molar-refractivity contribution in [2.45, 2.75) is 66.7 Å². The highest BCUT2D eigenvalue weighted by molar-refractivity contribution is 5.90. The van der Waals surface area contributed by atoms with Crippen LogP contribution in [0.1, 0.15) is 69.6 Å². The summed E-state index contributed by atoms with van der Waals surface area (Å²) in [7, 11) is 0. The Morgan fingerprint density at radius 3 is 2.30 bits per heavy atom. The number of carbonyl (C=O) groups excluding carboxylic acids is 1. The molecule has 1 atom stereocenters. The van der Waals surface area contributed by atoms with Crippen LogP contribution in [0.15, 0.2) is 90.2 Å². The average molecular weight is 445 g/mol. The molecule has 1 unspecified atom stereocenters. The lowest BCUT2D eigenvalue weighted by Gasteiger charge is -2.22. The Balaban J connectivity index is 0.000000517. The van der Waals surface area contributed by atoms with Crippen LogP contribution < -0.4 is 5.01 Å². The van der Waals surface area contributed by atoms with Crippen molar-refractivity contribution in [2.75, 3.05) is 5.01 Å². The zero-order valence-corrected chi connectivity index (χ0v) is 21.2. The van der Waals surface area contributed by atoms with Gasteiger partial charge in [-0.05, 0) is 58.7 Å². The molecule has 0 amide bonds. The number of aryl methyl sites for hydroxylation is 2. The molecule has 0 N–H and O–H groups in total. The summed E-state index contributed by atoms with van der Waals surface area (Å²) >= 11 is 0. The van der Waals surface area contributed by atoms with Crippen molar-refractivity contribution in [3.8, 4) is 0 Å². The van der Waals surface area contributed by atoms with Crippen molar-refractivity contribution >= 4 is 17.7 Å². The number of hydrogen-bond donors (Lipinski definition) is 0. The number of carbonyl (C=O) groups is 1. The predicted molar refractivity (Wildman–Crippen MR) is 145 cm³/mol. The van der Waals surface area contributed by atoms with E-state index in [0.717, 1.165) is 36.1 Å². The highest BCUT2D eigenvalue weighted by Gasteiger charge is 2.16. The fourth-order valence-electron chi connectivity index (χ4n) is 3.12. The lowest BCUT2D eigenvalue weighted by molar-refractivity contribution is -0.108. The Labute approximate surface area is 201 Å². The molecule has 3 nitrogen and oxygen atoms in total. The van der Waals surface area contributed by atoms with E-state index in [4.69, 9.17) is 5.10 Å². The normalized spacial score (nSPS) is 13.3. The van der Waals surface area contributed by atoms with E-state index < -0.39 is 0 Å². The zero-order chi connectivity index (χ0) is 24.6. The quantitative estimate of drug-likeness (QED) is 0.331. The van der Waals surface area contributed by atoms with Crippen molar-refractivity contribution in [3.63, 3.8) is 0 Å². The molecule has 0 saturated carbocycles. The molecule has 0 fully saturated rings. The number of hydrazone groups is 1. The highest BCUT2D eigenvalue weighted by atomic mass is 16.1. The molecular weight excluding hydrogens is 404 g/mol. The number of benzene rings is 2. The van der Waals surface area contributed by atoms with Gasteiger partial charge in [-0.2, -0.15) is 5.10 Å². The summed E-state index contributed by atoms with van der Waals surface area (Å²) in [6.07, 6.45) is 11.9. The molecular formula is C30H40N2O. The minimum atomic E-state index is -0.144. The number of anilines is 1. The predicted octanol–water partition coefficient (Wildman–Crippen LogP) is 8.31. The van der Waals surface area contributed by atoms with Crippen LogP contribution in [0.4, 0.5) is 5.69 Å². The summed E-state index contributed by atoms with van der Waals surface area (Å²) in [5.74, 6) is -0.144. The molecule has 0 bridgehead atoms. The van der Waals surface area contributed by atoms with Gasteiger partial charge < -0.3 is 4.79 Å². The molecule has 0 radical (unpaired) electrons. The summed E-state index contributed by atoms with van der Waals surface area (Å²) in [4.78, 5) is 11.6. The van der Waals surface area contributed by atoms with E-state index in [1.165, 1.54) is 16.7 Å². The highest BCUT2D eigenvalue weighted by Crippen LogP contribution is 2.24. The first kappa shape index (κ1) is 27.8. The third-order valence-electron chi connectivity index (χ3n) is 4.71. The van der Waals surface area contributed by atoms with Gasteiger partial charge in [-0.25, -0.2) is 5.01 Å². The van der Waals surface area contributed by atoms with E-state index in [9.17, 15) is 4.79 Å². The van der Waals surface area contributed by atoms with Gasteiger partial charge in [0.25, 0.3) is 0 Å². The van der Waals surface area contributed by atoms with Crippen molar-refractivity contribution < 1.29 is 4.79 Å². The molecule has 0 aliphatic carbocycles. The molecule has 33 heavy (non-hydrogen) atoms. The number of nitrogens with zero attached hydrogens (tertiary/aromatic N) is 2. The van der Waals surface area contributed by atoms with Gasteiger partial charge in [0.15, 0.2) is 0 Å². The fraction of sp³-hybridized carbons (Fsp3) is 0.333. The third kappa shape index (κ3) is 11.3. The molecule has 0 spiro atoms. The van der Waals surface area contributed by atoms with Crippen LogP contribution in [0.5, 0.6) is 0 Å². The van der Waals surface area contributed by atoms with Crippen LogP contribution in [-0.2, 0) is 4.79 Å². The number of hydrogen-bond acceptors (Lipinski definition) is 3. The maximum Gasteiger partial charge on any atom is 0.127 e. The summed E-state index contributed by atoms with van der Waals surface area (Å²) in [6, 6.07) is 16.4. The average Bonchev–Trinajstić information content (AvgIpc) is 2.79. The fourth-order valence-corrected chi connectivity index (χ4v) is 3.12. The standard InChI is InChI=1S/C21H22N2O.C5H10.C4H8/c1-16-8-10-21(11-9-16)23-12-4-7-20(22-23)14-19(15-24)18-6-3-5-17(2)13-18;1-3-5-4-2;1-4(2)3/h3-6,8-13,15,19H,7,14H2,1-2H3;3,5H,4H2,1-2H3;1H2,2-3H3/b;5-3-;. The molecule has 2 aromatic rings. The van der Waals surface area contributed by atoms with Gasteiger partial charge in [-0.3, -0.25) is 0 Å². The van der Waals surface area contributed by atoms with Gasteiger partial charge in [0.05, 0.1) is 5.69 Å². The molecule has 2 aromatic carbocycles. The summed E-state index contributed by atoms with van der Waals surface area (Å²) in [6.45, 7) is 15.8. The minimum Gasteiger partial charge on any atom is -0.303 e. The lowest BCUT2D eigenvalue weighted by atomic mass is 9.92. The van der Waals surface area contributed by atoms with Crippen molar-refractivity contribution in [2.24, 2.45) is 5.10 Å². The first-order chi connectivity index (χ1) is 15.8.